The molecule has 1 atom stereocenters. The van der Waals surface area contributed by atoms with Gasteiger partial charge >= 0.3 is 0 Å². The van der Waals surface area contributed by atoms with Gasteiger partial charge in [-0.1, -0.05) is 27.2 Å². The molecular weight excluding hydrogens is 374 g/mol. The molecule has 0 radical (unpaired) electrons. The van der Waals surface area contributed by atoms with Gasteiger partial charge in [-0.15, -0.1) is 11.3 Å². The molecule has 28 heavy (non-hydrogen) atoms. The summed E-state index contributed by atoms with van der Waals surface area (Å²) < 4.78 is 0. The van der Waals surface area contributed by atoms with Crippen LogP contribution >= 0.6 is 11.3 Å². The number of hydrogen-bond donors (Lipinski definition) is 2. The van der Waals surface area contributed by atoms with Gasteiger partial charge in [0.15, 0.2) is 0 Å². The zero-order chi connectivity index (χ0) is 20.5. The molecule has 2 aliphatic rings. The van der Waals surface area contributed by atoms with Crippen molar-refractivity contribution in [1.29, 1.82) is 0 Å². The Morgan fingerprint density at radius 1 is 1.11 bits per heavy atom. The van der Waals surface area contributed by atoms with Gasteiger partial charge in [-0.05, 0) is 44.1 Å². The second kappa shape index (κ2) is 8.23. The van der Waals surface area contributed by atoms with Crippen molar-refractivity contribution >= 4 is 34.1 Å². The van der Waals surface area contributed by atoms with Gasteiger partial charge < -0.3 is 16.0 Å². The maximum atomic E-state index is 12.9. The lowest BCUT2D eigenvalue weighted by Gasteiger charge is -2.35. The Labute approximate surface area is 170 Å². The number of nitrogens with two attached hydrogens (primary N) is 1. The number of piperidine rings is 1. The van der Waals surface area contributed by atoms with E-state index in [9.17, 15) is 14.4 Å². The first-order chi connectivity index (χ1) is 13.2. The second-order valence-electron chi connectivity index (χ2n) is 8.96. The van der Waals surface area contributed by atoms with Crippen molar-refractivity contribution < 1.29 is 14.4 Å². The lowest BCUT2D eigenvalue weighted by Crippen LogP contribution is -2.47. The molecule has 0 saturated carbocycles. The summed E-state index contributed by atoms with van der Waals surface area (Å²) in [4.78, 5) is 40.6. The minimum absolute atomic E-state index is 0.0747. The normalized spacial score (nSPS) is 20.2. The van der Waals surface area contributed by atoms with Crippen LogP contribution in [0.5, 0.6) is 0 Å². The molecule has 0 aromatic carbocycles. The molecule has 0 spiro atoms. The third-order valence-electron chi connectivity index (χ3n) is 5.63. The molecule has 2 heterocycles. The van der Waals surface area contributed by atoms with Gasteiger partial charge in [0.25, 0.3) is 5.91 Å². The molecule has 3 N–H and O–H groups in total. The number of thiophene rings is 1. The smallest absolute Gasteiger partial charge is 0.251 e. The third kappa shape index (κ3) is 4.40. The zero-order valence-electron chi connectivity index (χ0n) is 17.1. The molecule has 1 unspecified atom stereocenters. The van der Waals surface area contributed by atoms with Gasteiger partial charge in [0, 0.05) is 23.4 Å². The van der Waals surface area contributed by atoms with E-state index in [2.05, 4.69) is 5.32 Å². The Morgan fingerprint density at radius 2 is 1.82 bits per heavy atom. The number of likely N-dealkylation sites (tertiary alicyclic amines) is 1. The number of rotatable bonds is 3. The summed E-state index contributed by atoms with van der Waals surface area (Å²) in [5, 5.41) is 3.56. The molecule has 0 bridgehead atoms. The topological polar surface area (TPSA) is 92.5 Å². The van der Waals surface area contributed by atoms with E-state index in [1.54, 1.807) is 4.90 Å². The summed E-state index contributed by atoms with van der Waals surface area (Å²) in [7, 11) is 0. The largest absolute Gasteiger partial charge is 0.365 e. The first-order valence-corrected chi connectivity index (χ1v) is 11.0. The summed E-state index contributed by atoms with van der Waals surface area (Å²) in [6.45, 7) is 6.82. The molecule has 1 aliphatic carbocycles. The Balaban J connectivity index is 1.76. The fraction of sp³-hybridized carbons (Fsp3) is 0.667. The summed E-state index contributed by atoms with van der Waals surface area (Å²) in [5.74, 6) is -0.776. The Hall–Kier alpha value is -1.89. The minimum Gasteiger partial charge on any atom is -0.365 e. The highest BCUT2D eigenvalue weighted by atomic mass is 32.1. The van der Waals surface area contributed by atoms with Crippen LogP contribution in [0.4, 0.5) is 5.00 Å². The molecule has 6 nitrogen and oxygen atoms in total. The quantitative estimate of drug-likeness (QED) is 0.756. The molecule has 1 aromatic rings. The van der Waals surface area contributed by atoms with E-state index in [1.165, 1.54) is 16.2 Å². The molecule has 1 aliphatic heterocycles. The van der Waals surface area contributed by atoms with Crippen LogP contribution in [0.25, 0.3) is 0 Å². The number of carbonyl (C=O) groups is 3. The fourth-order valence-corrected chi connectivity index (χ4v) is 5.45. The van der Waals surface area contributed by atoms with E-state index >= 15 is 0 Å². The highest BCUT2D eigenvalue weighted by Gasteiger charge is 2.34. The number of amides is 3. The monoisotopic (exact) mass is 405 g/mol. The van der Waals surface area contributed by atoms with Gasteiger partial charge in [0.05, 0.1) is 11.5 Å². The zero-order valence-corrected chi connectivity index (χ0v) is 17.9. The molecule has 1 fully saturated rings. The number of fused-ring (bicyclic) bond motifs is 1. The van der Waals surface area contributed by atoms with Gasteiger partial charge in [-0.3, -0.25) is 14.4 Å². The molecular formula is C21H31N3O3S. The summed E-state index contributed by atoms with van der Waals surface area (Å²) in [5.41, 5.74) is 6.73. The van der Waals surface area contributed by atoms with Gasteiger partial charge in [-0.2, -0.15) is 0 Å². The summed E-state index contributed by atoms with van der Waals surface area (Å²) in [6, 6.07) is 0. The number of carbonyl (C=O) groups excluding carboxylic acids is 3. The maximum Gasteiger partial charge on any atom is 0.251 e. The number of nitrogens with one attached hydrogen (secondary N) is 1. The van der Waals surface area contributed by atoms with Crippen molar-refractivity contribution in [2.24, 2.45) is 17.1 Å². The van der Waals surface area contributed by atoms with Gasteiger partial charge in [0.2, 0.25) is 11.8 Å². The van der Waals surface area contributed by atoms with Crippen molar-refractivity contribution in [1.82, 2.24) is 4.90 Å². The predicted octanol–water partition coefficient (Wildman–Crippen LogP) is 3.34. The standard InChI is InChI=1S/C21H31N3O3S/c1-21(2,3)20(27)24-11-7-8-13(12-24)18(26)23-19-16(17(22)25)14-9-5-4-6-10-15(14)28-19/h13H,4-12H2,1-3H3,(H2,22,25)(H,23,26). The van der Waals surface area contributed by atoms with Crippen LogP contribution in [-0.4, -0.2) is 35.7 Å². The highest BCUT2D eigenvalue weighted by Crippen LogP contribution is 2.37. The van der Waals surface area contributed by atoms with E-state index in [0.717, 1.165) is 50.5 Å². The molecule has 7 heteroatoms. The van der Waals surface area contributed by atoms with Crippen LogP contribution < -0.4 is 11.1 Å². The van der Waals surface area contributed by atoms with Crippen molar-refractivity contribution in [2.45, 2.75) is 65.7 Å². The third-order valence-corrected chi connectivity index (χ3v) is 6.83. The SMILES string of the molecule is CC(C)(C)C(=O)N1CCCC(C(=O)Nc2sc3c(c2C(N)=O)CCCCC3)C1. The molecule has 3 rings (SSSR count). The molecule has 1 aromatic heterocycles. The number of aryl methyl sites for hydroxylation is 1. The number of primary amides is 1. The maximum absolute atomic E-state index is 12.9. The molecule has 1 saturated heterocycles. The Bertz CT molecular complexity index is 779. The number of nitrogens with zero attached hydrogens (tertiary/aromatic N) is 1. The van der Waals surface area contributed by atoms with E-state index in [1.807, 2.05) is 20.8 Å². The summed E-state index contributed by atoms with van der Waals surface area (Å²) >= 11 is 1.49. The first-order valence-electron chi connectivity index (χ1n) is 10.2. The van der Waals surface area contributed by atoms with Crippen molar-refractivity contribution in [3.05, 3.63) is 16.0 Å². The average molecular weight is 406 g/mol. The summed E-state index contributed by atoms with van der Waals surface area (Å²) in [6.07, 6.45) is 6.64. The lowest BCUT2D eigenvalue weighted by molar-refractivity contribution is -0.142. The fourth-order valence-electron chi connectivity index (χ4n) is 4.16. The van der Waals surface area contributed by atoms with Crippen LogP contribution in [0.1, 0.15) is 73.7 Å². The van der Waals surface area contributed by atoms with E-state index in [4.69, 9.17) is 5.73 Å². The van der Waals surface area contributed by atoms with Crippen molar-refractivity contribution in [2.75, 3.05) is 18.4 Å². The minimum atomic E-state index is -0.470. The Kier molecular flexibility index (Phi) is 6.12. The van der Waals surface area contributed by atoms with Crippen LogP contribution in [-0.2, 0) is 22.4 Å². The second-order valence-corrected chi connectivity index (χ2v) is 10.1. The van der Waals surface area contributed by atoms with E-state index < -0.39 is 11.3 Å². The average Bonchev–Trinajstić information content (AvgIpc) is 2.81. The Morgan fingerprint density at radius 3 is 2.50 bits per heavy atom. The van der Waals surface area contributed by atoms with Crippen molar-refractivity contribution in [3.8, 4) is 0 Å². The van der Waals surface area contributed by atoms with Crippen LogP contribution in [0.2, 0.25) is 0 Å². The first kappa shape index (κ1) is 20.8. The lowest BCUT2D eigenvalue weighted by atomic mass is 9.91. The van der Waals surface area contributed by atoms with Gasteiger partial charge in [-0.25, -0.2) is 0 Å². The molecule has 154 valence electrons. The number of anilines is 1. The van der Waals surface area contributed by atoms with E-state index in [-0.39, 0.29) is 17.7 Å². The van der Waals surface area contributed by atoms with E-state index in [0.29, 0.717) is 23.7 Å². The van der Waals surface area contributed by atoms with Crippen LogP contribution in [0.15, 0.2) is 0 Å². The van der Waals surface area contributed by atoms with Crippen LogP contribution in [0.3, 0.4) is 0 Å². The van der Waals surface area contributed by atoms with Crippen LogP contribution in [0, 0.1) is 11.3 Å². The number of hydrogen-bond acceptors (Lipinski definition) is 4. The molecule has 3 amide bonds. The predicted molar refractivity (Wildman–Crippen MR) is 111 cm³/mol. The highest BCUT2D eigenvalue weighted by molar-refractivity contribution is 7.17. The van der Waals surface area contributed by atoms with Gasteiger partial charge in [0.1, 0.15) is 5.00 Å². The van der Waals surface area contributed by atoms with Crippen molar-refractivity contribution in [3.63, 3.8) is 0 Å².